The van der Waals surface area contributed by atoms with Gasteiger partial charge in [-0.1, -0.05) is 0 Å². The minimum atomic E-state index is -0.470. The van der Waals surface area contributed by atoms with E-state index >= 15 is 0 Å². The van der Waals surface area contributed by atoms with Crippen molar-refractivity contribution in [2.24, 2.45) is 5.92 Å². The first kappa shape index (κ1) is 11.9. The van der Waals surface area contributed by atoms with Gasteiger partial charge in [0.25, 0.3) is 0 Å². The van der Waals surface area contributed by atoms with Crippen LogP contribution in [0.2, 0.25) is 0 Å². The molecule has 1 aliphatic carbocycles. The fourth-order valence-electron chi connectivity index (χ4n) is 1.12. The van der Waals surface area contributed by atoms with Crippen molar-refractivity contribution < 1.29 is 14.9 Å². The van der Waals surface area contributed by atoms with Gasteiger partial charge in [-0.05, 0) is 25.7 Å². The Labute approximate surface area is 85.3 Å². The van der Waals surface area contributed by atoms with E-state index in [1.54, 1.807) is 0 Å². The summed E-state index contributed by atoms with van der Waals surface area (Å²) >= 11 is 0. The lowest BCUT2D eigenvalue weighted by Crippen LogP contribution is -2.37. The maximum Gasteiger partial charge on any atom is 0.0897 e. The van der Waals surface area contributed by atoms with Crippen LogP contribution < -0.4 is 5.32 Å². The third kappa shape index (κ3) is 5.54. The Hall–Kier alpha value is -0.160. The Morgan fingerprint density at radius 2 is 2.21 bits per heavy atom. The third-order valence-electron chi connectivity index (χ3n) is 2.34. The van der Waals surface area contributed by atoms with E-state index in [-0.39, 0.29) is 12.6 Å². The maximum atomic E-state index is 9.46. The fraction of sp³-hybridized carbons (Fsp3) is 1.00. The van der Waals surface area contributed by atoms with E-state index in [4.69, 9.17) is 9.84 Å². The van der Waals surface area contributed by atoms with E-state index in [0.717, 1.165) is 12.5 Å². The van der Waals surface area contributed by atoms with Gasteiger partial charge in [0, 0.05) is 19.2 Å². The van der Waals surface area contributed by atoms with Crippen LogP contribution in [0.4, 0.5) is 0 Å². The number of hydrogen-bond donors (Lipinski definition) is 3. The van der Waals surface area contributed by atoms with Crippen molar-refractivity contribution in [1.82, 2.24) is 5.32 Å². The number of nitrogens with one attached hydrogen (secondary N) is 1. The molecule has 0 radical (unpaired) electrons. The second-order valence-corrected chi connectivity index (χ2v) is 4.13. The summed E-state index contributed by atoms with van der Waals surface area (Å²) in [5.41, 5.74) is 0. The molecule has 1 aliphatic rings. The Bertz CT molecular complexity index is 150. The Morgan fingerprint density at radius 3 is 2.79 bits per heavy atom. The molecule has 2 atom stereocenters. The zero-order valence-electron chi connectivity index (χ0n) is 8.78. The summed E-state index contributed by atoms with van der Waals surface area (Å²) in [7, 11) is 0. The van der Waals surface area contributed by atoms with Crippen LogP contribution in [-0.4, -0.2) is 48.7 Å². The van der Waals surface area contributed by atoms with Crippen LogP contribution in [0.25, 0.3) is 0 Å². The second kappa shape index (κ2) is 6.35. The quantitative estimate of drug-likeness (QED) is 0.509. The molecule has 14 heavy (non-hydrogen) atoms. The molecule has 1 rings (SSSR count). The number of ether oxygens (including phenoxy) is 1. The minimum absolute atomic E-state index is 0.0353. The topological polar surface area (TPSA) is 61.7 Å². The average Bonchev–Trinajstić information content (AvgIpc) is 2.98. The first-order valence-electron chi connectivity index (χ1n) is 5.32. The normalized spacial score (nSPS) is 20.8. The van der Waals surface area contributed by atoms with E-state index in [1.807, 2.05) is 6.92 Å². The highest BCUT2D eigenvalue weighted by Gasteiger charge is 2.21. The lowest BCUT2D eigenvalue weighted by Gasteiger charge is -2.15. The fourth-order valence-corrected chi connectivity index (χ4v) is 1.12. The molecule has 0 aromatic rings. The average molecular weight is 203 g/mol. The smallest absolute Gasteiger partial charge is 0.0897 e. The van der Waals surface area contributed by atoms with E-state index in [1.165, 1.54) is 12.8 Å². The summed E-state index contributed by atoms with van der Waals surface area (Å²) in [5.74, 6) is 0.742. The van der Waals surface area contributed by atoms with Crippen molar-refractivity contribution in [2.45, 2.75) is 31.9 Å². The highest BCUT2D eigenvalue weighted by Crippen LogP contribution is 2.28. The lowest BCUT2D eigenvalue weighted by atomic mass is 10.3. The molecule has 0 spiro atoms. The summed E-state index contributed by atoms with van der Waals surface area (Å²) in [4.78, 5) is 0. The monoisotopic (exact) mass is 203 g/mol. The standard InChI is InChI=1S/C10H21NO3/c1-8(5-12)11-4-10(13)7-14-6-9-2-3-9/h8-13H,2-7H2,1H3. The molecule has 4 nitrogen and oxygen atoms in total. The van der Waals surface area contributed by atoms with Gasteiger partial charge in [0.05, 0.1) is 19.3 Å². The first-order chi connectivity index (χ1) is 6.72. The Morgan fingerprint density at radius 1 is 1.50 bits per heavy atom. The molecule has 2 unspecified atom stereocenters. The van der Waals surface area contributed by atoms with Gasteiger partial charge in [-0.2, -0.15) is 0 Å². The molecular formula is C10H21NO3. The third-order valence-corrected chi connectivity index (χ3v) is 2.34. The van der Waals surface area contributed by atoms with Crippen LogP contribution >= 0.6 is 0 Å². The molecular weight excluding hydrogens is 182 g/mol. The van der Waals surface area contributed by atoms with Gasteiger partial charge in [0.2, 0.25) is 0 Å². The number of rotatable bonds is 8. The summed E-state index contributed by atoms with van der Waals surface area (Å²) in [6.45, 7) is 3.62. The van der Waals surface area contributed by atoms with Gasteiger partial charge in [-0.25, -0.2) is 0 Å². The van der Waals surface area contributed by atoms with Crippen LogP contribution in [-0.2, 0) is 4.74 Å². The predicted molar refractivity (Wildman–Crippen MR) is 54.1 cm³/mol. The number of aliphatic hydroxyl groups is 2. The van der Waals surface area contributed by atoms with Crippen molar-refractivity contribution in [3.05, 3.63) is 0 Å². The van der Waals surface area contributed by atoms with Crippen LogP contribution in [0.15, 0.2) is 0 Å². The van der Waals surface area contributed by atoms with Gasteiger partial charge >= 0.3 is 0 Å². The van der Waals surface area contributed by atoms with Crippen LogP contribution in [0, 0.1) is 5.92 Å². The van der Waals surface area contributed by atoms with Gasteiger partial charge in [-0.3, -0.25) is 0 Å². The summed E-state index contributed by atoms with van der Waals surface area (Å²) in [6.07, 6.45) is 2.08. The Balaban J connectivity index is 1.89. The Kier molecular flexibility index (Phi) is 5.40. The largest absolute Gasteiger partial charge is 0.395 e. The molecule has 0 bridgehead atoms. The molecule has 0 amide bonds. The molecule has 3 N–H and O–H groups in total. The van der Waals surface area contributed by atoms with Crippen molar-refractivity contribution in [3.63, 3.8) is 0 Å². The molecule has 84 valence electrons. The lowest BCUT2D eigenvalue weighted by molar-refractivity contribution is 0.0306. The zero-order valence-corrected chi connectivity index (χ0v) is 8.78. The van der Waals surface area contributed by atoms with Crippen molar-refractivity contribution in [1.29, 1.82) is 0 Å². The highest BCUT2D eigenvalue weighted by atomic mass is 16.5. The van der Waals surface area contributed by atoms with Crippen molar-refractivity contribution in [3.8, 4) is 0 Å². The van der Waals surface area contributed by atoms with Crippen molar-refractivity contribution >= 4 is 0 Å². The second-order valence-electron chi connectivity index (χ2n) is 4.13. The molecule has 1 saturated carbocycles. The van der Waals surface area contributed by atoms with Gasteiger partial charge in [0.1, 0.15) is 0 Å². The van der Waals surface area contributed by atoms with Gasteiger partial charge in [0.15, 0.2) is 0 Å². The van der Waals surface area contributed by atoms with Crippen molar-refractivity contribution in [2.75, 3.05) is 26.4 Å². The molecule has 0 heterocycles. The number of hydrogen-bond acceptors (Lipinski definition) is 4. The number of aliphatic hydroxyl groups excluding tert-OH is 2. The summed E-state index contributed by atoms with van der Waals surface area (Å²) in [6, 6.07) is 0.0353. The van der Waals surface area contributed by atoms with Crippen LogP contribution in [0.5, 0.6) is 0 Å². The molecule has 0 aliphatic heterocycles. The zero-order chi connectivity index (χ0) is 10.4. The highest BCUT2D eigenvalue weighted by molar-refractivity contribution is 4.72. The van der Waals surface area contributed by atoms with E-state index in [2.05, 4.69) is 5.32 Å². The van der Waals surface area contributed by atoms with Gasteiger partial charge < -0.3 is 20.3 Å². The minimum Gasteiger partial charge on any atom is -0.395 e. The summed E-state index contributed by atoms with van der Waals surface area (Å²) in [5, 5.41) is 21.2. The molecule has 4 heteroatoms. The maximum absolute atomic E-state index is 9.46. The van der Waals surface area contributed by atoms with Crippen LogP contribution in [0.3, 0.4) is 0 Å². The first-order valence-corrected chi connectivity index (χ1v) is 5.32. The molecule has 0 aromatic heterocycles. The van der Waals surface area contributed by atoms with E-state index in [0.29, 0.717) is 13.2 Å². The molecule has 1 fully saturated rings. The predicted octanol–water partition coefficient (Wildman–Crippen LogP) is -0.256. The summed E-state index contributed by atoms with van der Waals surface area (Å²) < 4.78 is 5.33. The van der Waals surface area contributed by atoms with E-state index in [9.17, 15) is 5.11 Å². The molecule has 0 aromatic carbocycles. The van der Waals surface area contributed by atoms with Crippen LogP contribution in [0.1, 0.15) is 19.8 Å². The van der Waals surface area contributed by atoms with E-state index < -0.39 is 6.10 Å². The SMILES string of the molecule is CC(CO)NCC(O)COCC1CC1. The van der Waals surface area contributed by atoms with Gasteiger partial charge in [-0.15, -0.1) is 0 Å². The molecule has 0 saturated heterocycles.